The van der Waals surface area contributed by atoms with Gasteiger partial charge in [0.2, 0.25) is 11.8 Å². The smallest absolute Gasteiger partial charge is 0.303 e. The zero-order valence-electron chi connectivity index (χ0n) is 17.8. The largest absolute Gasteiger partial charge is 0.481 e. The Hall–Kier alpha value is -1.24. The molecule has 0 aromatic heterocycles. The predicted octanol–water partition coefficient (Wildman–Crippen LogP) is 3.73. The number of thioether (sulfide) groups is 1. The van der Waals surface area contributed by atoms with E-state index in [9.17, 15) is 14.4 Å². The number of hydrogen-bond donors (Lipinski definition) is 3. The molecule has 2 amide bonds. The van der Waals surface area contributed by atoms with E-state index < -0.39 is 5.97 Å². The van der Waals surface area contributed by atoms with E-state index in [1.807, 2.05) is 0 Å². The van der Waals surface area contributed by atoms with Gasteiger partial charge in [0.15, 0.2) is 0 Å². The molecule has 2 bridgehead atoms. The van der Waals surface area contributed by atoms with Crippen molar-refractivity contribution < 1.29 is 19.5 Å². The number of rotatable bonds is 15. The van der Waals surface area contributed by atoms with Crippen molar-refractivity contribution in [2.45, 2.75) is 94.5 Å². The van der Waals surface area contributed by atoms with Gasteiger partial charge >= 0.3 is 5.97 Å². The summed E-state index contributed by atoms with van der Waals surface area (Å²) in [5.74, 6) is 0.352. The third-order valence-electron chi connectivity index (χ3n) is 6.26. The first-order valence-electron chi connectivity index (χ1n) is 11.4. The van der Waals surface area contributed by atoms with Crippen LogP contribution in [0.2, 0.25) is 0 Å². The Morgan fingerprint density at radius 1 is 0.862 bits per heavy atom. The molecule has 0 aromatic rings. The lowest BCUT2D eigenvalue weighted by Gasteiger charge is -2.30. The van der Waals surface area contributed by atoms with Crippen molar-refractivity contribution in [3.8, 4) is 0 Å². The molecule has 3 N–H and O–H groups in total. The van der Waals surface area contributed by atoms with E-state index in [0.717, 1.165) is 50.2 Å². The summed E-state index contributed by atoms with van der Waals surface area (Å²) in [5, 5.41) is 15.9. The lowest BCUT2D eigenvalue weighted by molar-refractivity contribution is -0.137. The zero-order chi connectivity index (χ0) is 21.1. The number of amides is 2. The molecule has 2 heterocycles. The number of aliphatic carboxylic acids is 1. The summed E-state index contributed by atoms with van der Waals surface area (Å²) >= 11 is 2.10. The first-order chi connectivity index (χ1) is 14.0. The number of carbonyl (C=O) groups is 3. The first kappa shape index (κ1) is 24.0. The van der Waals surface area contributed by atoms with Crippen molar-refractivity contribution in [3.63, 3.8) is 0 Å². The van der Waals surface area contributed by atoms with E-state index in [4.69, 9.17) is 5.11 Å². The normalized spacial score (nSPS) is 25.1. The Labute approximate surface area is 179 Å². The molecular formula is C22H38N2O4S. The summed E-state index contributed by atoms with van der Waals surface area (Å²) in [7, 11) is 0. The SMILES string of the molecule is CCCCCC(=O)NCC(=O)NC[C@H]1[C@@H](CCCCCCC(=O)O)[C@H]2CC[C@@H]1S2. The second-order valence-electron chi connectivity index (χ2n) is 8.50. The molecule has 4 atom stereocenters. The van der Waals surface area contributed by atoms with Gasteiger partial charge in [0, 0.05) is 29.9 Å². The number of carbonyl (C=O) groups excluding carboxylic acids is 2. The van der Waals surface area contributed by atoms with Crippen LogP contribution in [0.1, 0.15) is 84.0 Å². The molecule has 2 saturated heterocycles. The lowest BCUT2D eigenvalue weighted by Crippen LogP contribution is -2.42. The van der Waals surface area contributed by atoms with Gasteiger partial charge in [-0.15, -0.1) is 0 Å². The van der Waals surface area contributed by atoms with Crippen molar-refractivity contribution in [2.75, 3.05) is 13.1 Å². The number of nitrogens with one attached hydrogen (secondary N) is 2. The summed E-state index contributed by atoms with van der Waals surface area (Å²) in [5.41, 5.74) is 0. The van der Waals surface area contributed by atoms with Gasteiger partial charge in [-0.3, -0.25) is 14.4 Å². The zero-order valence-corrected chi connectivity index (χ0v) is 18.6. The Morgan fingerprint density at radius 2 is 1.55 bits per heavy atom. The average molecular weight is 427 g/mol. The molecule has 0 radical (unpaired) electrons. The first-order valence-corrected chi connectivity index (χ1v) is 12.4. The maximum atomic E-state index is 12.2. The van der Waals surface area contributed by atoms with Crippen LogP contribution in [0.15, 0.2) is 0 Å². The van der Waals surface area contributed by atoms with E-state index in [1.165, 1.54) is 19.3 Å². The highest BCUT2D eigenvalue weighted by molar-refractivity contribution is 8.01. The van der Waals surface area contributed by atoms with Gasteiger partial charge in [0.25, 0.3) is 0 Å². The van der Waals surface area contributed by atoms with E-state index in [0.29, 0.717) is 30.1 Å². The van der Waals surface area contributed by atoms with E-state index in [2.05, 4.69) is 29.3 Å². The second-order valence-corrected chi connectivity index (χ2v) is 9.99. The highest BCUT2D eigenvalue weighted by Crippen LogP contribution is 2.54. The molecule has 0 aromatic carbocycles. The summed E-state index contributed by atoms with van der Waals surface area (Å²) in [6.45, 7) is 2.89. The summed E-state index contributed by atoms with van der Waals surface area (Å²) < 4.78 is 0. The molecule has 2 rings (SSSR count). The molecule has 0 aliphatic carbocycles. The van der Waals surface area contributed by atoms with Gasteiger partial charge in [0.05, 0.1) is 6.54 Å². The second kappa shape index (κ2) is 13.1. The minimum Gasteiger partial charge on any atom is -0.481 e. The molecule has 29 heavy (non-hydrogen) atoms. The van der Waals surface area contributed by atoms with Gasteiger partial charge < -0.3 is 15.7 Å². The highest BCUT2D eigenvalue weighted by atomic mass is 32.2. The van der Waals surface area contributed by atoms with Gasteiger partial charge in [-0.1, -0.05) is 39.0 Å². The van der Waals surface area contributed by atoms with Gasteiger partial charge in [-0.05, 0) is 43.9 Å². The fourth-order valence-electron chi connectivity index (χ4n) is 4.66. The number of unbranched alkanes of at least 4 members (excludes halogenated alkanes) is 5. The fourth-order valence-corrected chi connectivity index (χ4v) is 6.69. The van der Waals surface area contributed by atoms with Crippen LogP contribution in [-0.2, 0) is 14.4 Å². The van der Waals surface area contributed by atoms with Crippen LogP contribution in [0.3, 0.4) is 0 Å². The molecule has 2 fully saturated rings. The fraction of sp³-hybridized carbons (Fsp3) is 0.864. The Morgan fingerprint density at radius 3 is 2.28 bits per heavy atom. The number of carboxylic acids is 1. The molecule has 7 heteroatoms. The Balaban J connectivity index is 1.63. The van der Waals surface area contributed by atoms with Gasteiger partial charge in [-0.25, -0.2) is 0 Å². The van der Waals surface area contributed by atoms with Gasteiger partial charge in [0.1, 0.15) is 0 Å². The summed E-state index contributed by atoms with van der Waals surface area (Å²) in [6, 6.07) is 0. The predicted molar refractivity (Wildman–Crippen MR) is 117 cm³/mol. The van der Waals surface area contributed by atoms with Crippen molar-refractivity contribution >= 4 is 29.5 Å². The van der Waals surface area contributed by atoms with Crippen LogP contribution in [0.25, 0.3) is 0 Å². The van der Waals surface area contributed by atoms with Gasteiger partial charge in [-0.2, -0.15) is 11.8 Å². The van der Waals surface area contributed by atoms with Crippen LogP contribution in [-0.4, -0.2) is 46.5 Å². The Bertz CT molecular complexity index is 543. The lowest BCUT2D eigenvalue weighted by atomic mass is 9.76. The minimum atomic E-state index is -0.706. The van der Waals surface area contributed by atoms with Crippen LogP contribution in [0.4, 0.5) is 0 Å². The number of hydrogen-bond acceptors (Lipinski definition) is 4. The molecule has 2 aliphatic heterocycles. The Kier molecular flexibility index (Phi) is 10.9. The van der Waals surface area contributed by atoms with Crippen molar-refractivity contribution in [1.82, 2.24) is 10.6 Å². The standard InChI is InChI=1S/C22H38N2O4S/c1-2-3-6-10-20(25)24-15-21(26)23-14-17-16(18-12-13-19(17)29-18)9-7-4-5-8-11-22(27)28/h16-19H,2-15H2,1H3,(H,23,26)(H,24,25)(H,27,28)/t16-,17+,18-,19+/m1/s1. The third-order valence-corrected chi connectivity index (χ3v) is 8.13. The van der Waals surface area contributed by atoms with Crippen LogP contribution >= 0.6 is 11.8 Å². The molecule has 0 spiro atoms. The van der Waals surface area contributed by atoms with Crippen molar-refractivity contribution in [1.29, 1.82) is 0 Å². The quantitative estimate of drug-likeness (QED) is 0.347. The van der Waals surface area contributed by atoms with Crippen molar-refractivity contribution in [2.24, 2.45) is 11.8 Å². The van der Waals surface area contributed by atoms with Crippen LogP contribution < -0.4 is 10.6 Å². The topological polar surface area (TPSA) is 95.5 Å². The van der Waals surface area contributed by atoms with E-state index in [-0.39, 0.29) is 24.8 Å². The molecular weight excluding hydrogens is 388 g/mol. The number of carboxylic acid groups (broad SMARTS) is 1. The third kappa shape index (κ3) is 8.57. The molecule has 0 unspecified atom stereocenters. The monoisotopic (exact) mass is 426 g/mol. The van der Waals surface area contributed by atoms with Crippen molar-refractivity contribution in [3.05, 3.63) is 0 Å². The maximum absolute atomic E-state index is 12.2. The summed E-state index contributed by atoms with van der Waals surface area (Å²) in [6.07, 6.45) is 11.5. The molecule has 166 valence electrons. The average Bonchev–Trinajstić information content (AvgIpc) is 3.29. The van der Waals surface area contributed by atoms with E-state index >= 15 is 0 Å². The minimum absolute atomic E-state index is 0.0372. The van der Waals surface area contributed by atoms with E-state index in [1.54, 1.807) is 0 Å². The summed E-state index contributed by atoms with van der Waals surface area (Å²) in [4.78, 5) is 34.5. The number of fused-ring (bicyclic) bond motifs is 2. The molecule has 0 saturated carbocycles. The highest BCUT2D eigenvalue weighted by Gasteiger charge is 2.47. The van der Waals surface area contributed by atoms with Crippen LogP contribution in [0, 0.1) is 11.8 Å². The molecule has 6 nitrogen and oxygen atoms in total. The van der Waals surface area contributed by atoms with Crippen LogP contribution in [0.5, 0.6) is 0 Å². The molecule has 2 aliphatic rings. The maximum Gasteiger partial charge on any atom is 0.303 e.